The Morgan fingerprint density at radius 2 is 2.19 bits per heavy atom. The van der Waals surface area contributed by atoms with E-state index in [1.54, 1.807) is 27.9 Å². The lowest BCUT2D eigenvalue weighted by Gasteiger charge is -2.32. The predicted molar refractivity (Wildman–Crippen MR) is 95.5 cm³/mol. The van der Waals surface area contributed by atoms with E-state index in [2.05, 4.69) is 15.0 Å². The lowest BCUT2D eigenvalue weighted by molar-refractivity contribution is 0.0692. The smallest absolute Gasteiger partial charge is 0.275 e. The molecule has 1 amide bonds. The molecule has 140 valence electrons. The highest BCUT2D eigenvalue weighted by molar-refractivity contribution is 7.07. The van der Waals surface area contributed by atoms with Crippen LogP contribution in [0.15, 0.2) is 35.5 Å². The highest BCUT2D eigenvalue weighted by Crippen LogP contribution is 2.27. The van der Waals surface area contributed by atoms with Gasteiger partial charge in [0.05, 0.1) is 23.9 Å². The van der Waals surface area contributed by atoms with Crippen LogP contribution in [0, 0.1) is 11.6 Å². The van der Waals surface area contributed by atoms with Gasteiger partial charge in [0, 0.05) is 42.8 Å². The quantitative estimate of drug-likeness (QED) is 0.688. The van der Waals surface area contributed by atoms with Crippen LogP contribution in [0.1, 0.15) is 40.8 Å². The van der Waals surface area contributed by atoms with Crippen molar-refractivity contribution in [2.75, 3.05) is 13.1 Å². The van der Waals surface area contributed by atoms with Crippen LogP contribution in [0.5, 0.6) is 0 Å². The molecule has 3 aromatic heterocycles. The molecule has 1 fully saturated rings. The van der Waals surface area contributed by atoms with E-state index < -0.39 is 17.5 Å². The summed E-state index contributed by atoms with van der Waals surface area (Å²) < 4.78 is 29.0. The van der Waals surface area contributed by atoms with Gasteiger partial charge in [0.15, 0.2) is 11.5 Å². The molecule has 0 aromatic carbocycles. The largest absolute Gasteiger partial charge is 0.336 e. The van der Waals surface area contributed by atoms with Crippen LogP contribution in [0.2, 0.25) is 0 Å². The molecule has 0 spiro atoms. The minimum Gasteiger partial charge on any atom is -0.336 e. The normalized spacial score (nSPS) is 17.3. The summed E-state index contributed by atoms with van der Waals surface area (Å²) in [5.41, 5.74) is 2.40. The number of halogens is 2. The zero-order valence-corrected chi connectivity index (χ0v) is 15.2. The Morgan fingerprint density at radius 3 is 2.96 bits per heavy atom. The van der Waals surface area contributed by atoms with Gasteiger partial charge in [-0.1, -0.05) is 0 Å². The van der Waals surface area contributed by atoms with E-state index in [4.69, 9.17) is 0 Å². The van der Waals surface area contributed by atoms with E-state index in [1.165, 1.54) is 0 Å². The van der Waals surface area contributed by atoms with Crippen LogP contribution < -0.4 is 0 Å². The first-order chi connectivity index (χ1) is 13.1. The first-order valence-corrected chi connectivity index (χ1v) is 9.54. The Hall–Kier alpha value is -2.68. The molecule has 1 aliphatic heterocycles. The number of amides is 1. The third-order valence-electron chi connectivity index (χ3n) is 4.65. The number of piperidine rings is 1. The molecule has 0 bridgehead atoms. The average Bonchev–Trinajstić information content (AvgIpc) is 3.34. The summed E-state index contributed by atoms with van der Waals surface area (Å²) in [6.07, 6.45) is 6.17. The van der Waals surface area contributed by atoms with Crippen LogP contribution >= 0.6 is 11.3 Å². The summed E-state index contributed by atoms with van der Waals surface area (Å²) in [7, 11) is 0. The van der Waals surface area contributed by atoms with Crippen LogP contribution in [0.25, 0.3) is 0 Å². The van der Waals surface area contributed by atoms with E-state index >= 15 is 0 Å². The standard InChI is InChI=1S/C18H17F2N5OS/c19-13-6-15(20)16(22-7-13)18(26)25-4-1-2-12(8-25)17-21-3-5-24(17)9-14-10-27-11-23-14/h3,5-7,10-12H,1-2,4,8-9H2/t12-/m0/s1. The number of rotatable bonds is 4. The molecule has 1 atom stereocenters. The van der Waals surface area contributed by atoms with Crippen LogP contribution in [0.4, 0.5) is 8.78 Å². The second-order valence-corrected chi connectivity index (χ2v) is 7.19. The van der Waals surface area contributed by atoms with Crippen molar-refractivity contribution in [3.05, 3.63) is 64.4 Å². The fraction of sp³-hybridized carbons (Fsp3) is 0.333. The molecule has 9 heteroatoms. The third-order valence-corrected chi connectivity index (χ3v) is 5.28. The molecular formula is C18H17F2N5OS. The summed E-state index contributed by atoms with van der Waals surface area (Å²) in [5.74, 6) is -1.33. The highest BCUT2D eigenvalue weighted by atomic mass is 32.1. The van der Waals surface area contributed by atoms with Gasteiger partial charge in [-0.2, -0.15) is 0 Å². The number of carbonyl (C=O) groups excluding carboxylic acids is 1. The van der Waals surface area contributed by atoms with Crippen molar-refractivity contribution in [2.45, 2.75) is 25.3 Å². The minimum absolute atomic E-state index is 0.0415. The lowest BCUT2D eigenvalue weighted by Crippen LogP contribution is -2.40. The van der Waals surface area contributed by atoms with Crippen molar-refractivity contribution in [1.82, 2.24) is 24.4 Å². The van der Waals surface area contributed by atoms with E-state index in [9.17, 15) is 13.6 Å². The molecule has 0 radical (unpaired) electrons. The fourth-order valence-corrected chi connectivity index (χ4v) is 3.95. The summed E-state index contributed by atoms with van der Waals surface area (Å²) in [6, 6.07) is 0.683. The summed E-state index contributed by atoms with van der Waals surface area (Å²) >= 11 is 1.54. The number of thiazole rings is 1. The number of pyridine rings is 1. The van der Waals surface area contributed by atoms with Gasteiger partial charge in [-0.05, 0) is 12.8 Å². The monoisotopic (exact) mass is 389 g/mol. The lowest BCUT2D eigenvalue weighted by atomic mass is 9.96. The maximum Gasteiger partial charge on any atom is 0.275 e. The molecule has 0 aliphatic carbocycles. The van der Waals surface area contributed by atoms with Gasteiger partial charge in [-0.3, -0.25) is 4.79 Å². The van der Waals surface area contributed by atoms with E-state index in [1.807, 2.05) is 16.1 Å². The van der Waals surface area contributed by atoms with Crippen molar-refractivity contribution >= 4 is 17.2 Å². The van der Waals surface area contributed by atoms with Gasteiger partial charge in [0.1, 0.15) is 11.6 Å². The van der Waals surface area contributed by atoms with Crippen molar-refractivity contribution in [2.24, 2.45) is 0 Å². The van der Waals surface area contributed by atoms with Crippen molar-refractivity contribution in [3.8, 4) is 0 Å². The zero-order chi connectivity index (χ0) is 18.8. The molecule has 27 heavy (non-hydrogen) atoms. The zero-order valence-electron chi connectivity index (χ0n) is 14.4. The molecule has 0 saturated carbocycles. The van der Waals surface area contributed by atoms with E-state index in [0.29, 0.717) is 25.7 Å². The summed E-state index contributed by atoms with van der Waals surface area (Å²) in [6.45, 7) is 1.56. The molecule has 1 aliphatic rings. The molecule has 3 aromatic rings. The molecule has 4 rings (SSSR count). The minimum atomic E-state index is -0.938. The maximum absolute atomic E-state index is 13.9. The van der Waals surface area contributed by atoms with Gasteiger partial charge in [-0.15, -0.1) is 11.3 Å². The number of hydrogen-bond acceptors (Lipinski definition) is 5. The van der Waals surface area contributed by atoms with Gasteiger partial charge in [0.25, 0.3) is 5.91 Å². The number of aromatic nitrogens is 4. The molecule has 1 saturated heterocycles. The first kappa shape index (κ1) is 17.7. The van der Waals surface area contributed by atoms with Gasteiger partial charge in [0.2, 0.25) is 0 Å². The predicted octanol–water partition coefficient (Wildman–Crippen LogP) is 3.08. The Kier molecular flexibility index (Phi) is 4.93. The molecule has 6 nitrogen and oxygen atoms in total. The molecule has 0 N–H and O–H groups in total. The van der Waals surface area contributed by atoms with E-state index in [-0.39, 0.29) is 11.6 Å². The average molecular weight is 389 g/mol. The number of imidazole rings is 1. The topological polar surface area (TPSA) is 63.9 Å². The number of hydrogen-bond donors (Lipinski definition) is 0. The molecular weight excluding hydrogens is 372 g/mol. The molecule has 4 heterocycles. The first-order valence-electron chi connectivity index (χ1n) is 8.60. The molecule has 0 unspecified atom stereocenters. The fourth-order valence-electron chi connectivity index (χ4n) is 3.40. The van der Waals surface area contributed by atoms with Crippen LogP contribution in [-0.2, 0) is 6.54 Å². The number of likely N-dealkylation sites (tertiary alicyclic amines) is 1. The Balaban J connectivity index is 1.52. The SMILES string of the molecule is O=C(c1ncc(F)cc1F)N1CCC[C@H](c2nccn2Cc2cscn2)C1. The van der Waals surface area contributed by atoms with Gasteiger partial charge in [-0.25, -0.2) is 23.7 Å². The van der Waals surface area contributed by atoms with Crippen molar-refractivity contribution in [1.29, 1.82) is 0 Å². The van der Waals surface area contributed by atoms with Gasteiger partial charge < -0.3 is 9.47 Å². The Bertz CT molecular complexity index is 943. The van der Waals surface area contributed by atoms with Crippen molar-refractivity contribution in [3.63, 3.8) is 0 Å². The van der Waals surface area contributed by atoms with Crippen LogP contribution in [0.3, 0.4) is 0 Å². The summed E-state index contributed by atoms with van der Waals surface area (Å²) in [4.78, 5) is 26.6. The number of nitrogens with zero attached hydrogens (tertiary/aromatic N) is 5. The second kappa shape index (κ2) is 7.51. The Labute approximate surface area is 158 Å². The van der Waals surface area contributed by atoms with E-state index in [0.717, 1.165) is 30.6 Å². The highest BCUT2D eigenvalue weighted by Gasteiger charge is 2.30. The van der Waals surface area contributed by atoms with Gasteiger partial charge >= 0.3 is 0 Å². The van der Waals surface area contributed by atoms with Crippen LogP contribution in [-0.4, -0.2) is 43.4 Å². The van der Waals surface area contributed by atoms with Crippen molar-refractivity contribution < 1.29 is 13.6 Å². The maximum atomic E-state index is 13.9. The second-order valence-electron chi connectivity index (χ2n) is 6.47. The summed E-state index contributed by atoms with van der Waals surface area (Å²) in [5, 5.41) is 1.99. The Morgan fingerprint density at radius 1 is 1.30 bits per heavy atom. The number of carbonyl (C=O) groups is 1. The third kappa shape index (κ3) is 3.73.